The quantitative estimate of drug-likeness (QED) is 0.753. The van der Waals surface area contributed by atoms with Crippen LogP contribution in [0, 0.1) is 11.8 Å². The molecule has 1 rings (SSSR count). The van der Waals surface area contributed by atoms with Crippen LogP contribution < -0.4 is 4.72 Å². The zero-order valence-electron chi connectivity index (χ0n) is 13.2. The van der Waals surface area contributed by atoms with E-state index in [1.54, 1.807) is 6.92 Å². The van der Waals surface area contributed by atoms with Crippen molar-refractivity contribution in [2.45, 2.75) is 59.0 Å². The molecule has 2 unspecified atom stereocenters. The normalized spacial score (nSPS) is 24.8. The monoisotopic (exact) mass is 306 g/mol. The molecule has 0 amide bonds. The molecule has 2 N–H and O–H groups in total. The van der Waals surface area contributed by atoms with Gasteiger partial charge in [0.2, 0.25) is 0 Å². The number of hydrogen-bond acceptors (Lipinski definition) is 3. The van der Waals surface area contributed by atoms with Gasteiger partial charge in [-0.15, -0.1) is 0 Å². The van der Waals surface area contributed by atoms with Crippen LogP contribution in [0.25, 0.3) is 0 Å². The van der Waals surface area contributed by atoms with Crippen LogP contribution in [0.5, 0.6) is 0 Å². The maximum atomic E-state index is 12.2. The maximum absolute atomic E-state index is 12.2. The molecule has 1 fully saturated rings. The largest absolute Gasteiger partial charge is 0.389 e. The van der Waals surface area contributed by atoms with Crippen molar-refractivity contribution in [3.8, 4) is 0 Å². The molecule has 120 valence electrons. The van der Waals surface area contributed by atoms with Crippen molar-refractivity contribution in [1.29, 1.82) is 0 Å². The first-order chi connectivity index (χ1) is 9.12. The average molecular weight is 306 g/mol. The molecule has 1 heterocycles. The van der Waals surface area contributed by atoms with E-state index in [2.05, 4.69) is 25.5 Å². The van der Waals surface area contributed by atoms with Gasteiger partial charge in [-0.2, -0.15) is 17.4 Å². The van der Waals surface area contributed by atoms with E-state index in [1.165, 1.54) is 4.31 Å². The highest BCUT2D eigenvalue weighted by Gasteiger charge is 2.29. The van der Waals surface area contributed by atoms with Crippen molar-refractivity contribution in [2.75, 3.05) is 19.6 Å². The predicted octanol–water partition coefficient (Wildman–Crippen LogP) is 1.74. The minimum atomic E-state index is -3.46. The summed E-state index contributed by atoms with van der Waals surface area (Å²) in [5.41, 5.74) is -0.987. The summed E-state index contributed by atoms with van der Waals surface area (Å²) < 4.78 is 28.5. The summed E-state index contributed by atoms with van der Waals surface area (Å²) in [6.07, 6.45) is 3.48. The minimum Gasteiger partial charge on any atom is -0.389 e. The van der Waals surface area contributed by atoms with Crippen LogP contribution in [0.2, 0.25) is 0 Å². The Morgan fingerprint density at radius 2 is 2.10 bits per heavy atom. The van der Waals surface area contributed by atoms with E-state index in [-0.39, 0.29) is 6.54 Å². The molecular weight excluding hydrogens is 276 g/mol. The van der Waals surface area contributed by atoms with E-state index in [0.29, 0.717) is 31.3 Å². The third-order valence-corrected chi connectivity index (χ3v) is 5.38. The van der Waals surface area contributed by atoms with Crippen molar-refractivity contribution in [3.05, 3.63) is 0 Å². The van der Waals surface area contributed by atoms with Gasteiger partial charge in [0, 0.05) is 19.6 Å². The van der Waals surface area contributed by atoms with Gasteiger partial charge in [-0.3, -0.25) is 0 Å². The van der Waals surface area contributed by atoms with Crippen LogP contribution in [-0.2, 0) is 10.2 Å². The van der Waals surface area contributed by atoms with Crippen LogP contribution in [0.3, 0.4) is 0 Å². The fraction of sp³-hybridized carbons (Fsp3) is 1.00. The zero-order chi connectivity index (χ0) is 15.4. The Hall–Kier alpha value is -0.170. The van der Waals surface area contributed by atoms with Crippen molar-refractivity contribution in [2.24, 2.45) is 11.8 Å². The Bertz CT molecular complexity index is 393. The van der Waals surface area contributed by atoms with Gasteiger partial charge in [0.1, 0.15) is 0 Å². The van der Waals surface area contributed by atoms with Crippen molar-refractivity contribution in [1.82, 2.24) is 9.03 Å². The number of hydrogen-bond donors (Lipinski definition) is 2. The first kappa shape index (κ1) is 17.9. The molecule has 0 aromatic carbocycles. The fourth-order valence-electron chi connectivity index (χ4n) is 2.39. The van der Waals surface area contributed by atoms with Gasteiger partial charge < -0.3 is 5.11 Å². The summed E-state index contributed by atoms with van der Waals surface area (Å²) in [5.74, 6) is 0.905. The molecule has 0 spiro atoms. The van der Waals surface area contributed by atoms with E-state index < -0.39 is 15.8 Å². The highest BCUT2D eigenvalue weighted by molar-refractivity contribution is 7.87. The standard InChI is InChI=1S/C14H30N2O3S/c1-12(2)7-8-14(4,17)11-15-20(18,19)16-9-5-6-13(3)10-16/h12-13,15,17H,5-11H2,1-4H3. The summed E-state index contributed by atoms with van der Waals surface area (Å²) in [7, 11) is -3.46. The molecule has 0 bridgehead atoms. The lowest BCUT2D eigenvalue weighted by atomic mass is 9.96. The van der Waals surface area contributed by atoms with E-state index in [1.807, 2.05) is 0 Å². The van der Waals surface area contributed by atoms with Crippen LogP contribution >= 0.6 is 0 Å². The van der Waals surface area contributed by atoms with E-state index in [0.717, 1.165) is 19.3 Å². The van der Waals surface area contributed by atoms with E-state index >= 15 is 0 Å². The highest BCUT2D eigenvalue weighted by Crippen LogP contribution is 2.19. The van der Waals surface area contributed by atoms with Gasteiger partial charge in [-0.05, 0) is 44.4 Å². The molecule has 0 aliphatic carbocycles. The second-order valence-electron chi connectivity index (χ2n) is 6.86. The number of piperidine rings is 1. The Balaban J connectivity index is 2.49. The summed E-state index contributed by atoms with van der Waals surface area (Å²) in [5, 5.41) is 10.2. The predicted molar refractivity (Wildman–Crippen MR) is 81.6 cm³/mol. The molecule has 6 heteroatoms. The molecule has 1 aliphatic heterocycles. The third-order valence-electron chi connectivity index (χ3n) is 3.86. The summed E-state index contributed by atoms with van der Waals surface area (Å²) in [6.45, 7) is 9.17. The second kappa shape index (κ2) is 7.20. The molecule has 0 aromatic heterocycles. The third kappa shape index (κ3) is 6.08. The molecule has 5 nitrogen and oxygen atoms in total. The summed E-state index contributed by atoms with van der Waals surface area (Å²) in [4.78, 5) is 0. The first-order valence-electron chi connectivity index (χ1n) is 7.59. The number of nitrogens with one attached hydrogen (secondary N) is 1. The lowest BCUT2D eigenvalue weighted by Gasteiger charge is -2.31. The summed E-state index contributed by atoms with van der Waals surface area (Å²) in [6, 6.07) is 0. The minimum absolute atomic E-state index is 0.0763. The molecule has 2 atom stereocenters. The Labute approximate surface area is 123 Å². The highest BCUT2D eigenvalue weighted by atomic mass is 32.2. The maximum Gasteiger partial charge on any atom is 0.279 e. The molecule has 1 aliphatic rings. The van der Waals surface area contributed by atoms with Crippen LogP contribution in [0.1, 0.15) is 53.4 Å². The van der Waals surface area contributed by atoms with Gasteiger partial charge in [-0.1, -0.05) is 20.8 Å². The van der Waals surface area contributed by atoms with Gasteiger partial charge >= 0.3 is 0 Å². The topological polar surface area (TPSA) is 69.6 Å². The first-order valence-corrected chi connectivity index (χ1v) is 9.03. The number of rotatable bonds is 7. The Morgan fingerprint density at radius 1 is 1.45 bits per heavy atom. The van der Waals surface area contributed by atoms with E-state index in [4.69, 9.17) is 0 Å². The van der Waals surface area contributed by atoms with Gasteiger partial charge in [0.05, 0.1) is 5.60 Å². The second-order valence-corrected chi connectivity index (χ2v) is 8.62. The van der Waals surface area contributed by atoms with Gasteiger partial charge in [-0.25, -0.2) is 0 Å². The molecule has 20 heavy (non-hydrogen) atoms. The summed E-state index contributed by atoms with van der Waals surface area (Å²) >= 11 is 0. The fourth-order valence-corrected chi connectivity index (χ4v) is 3.89. The SMILES string of the molecule is CC(C)CCC(C)(O)CNS(=O)(=O)N1CCCC(C)C1. The lowest BCUT2D eigenvalue weighted by Crippen LogP contribution is -2.49. The van der Waals surface area contributed by atoms with E-state index in [9.17, 15) is 13.5 Å². The lowest BCUT2D eigenvalue weighted by molar-refractivity contribution is 0.0500. The van der Waals surface area contributed by atoms with Crippen LogP contribution in [-0.4, -0.2) is 43.1 Å². The number of nitrogens with zero attached hydrogens (tertiary/aromatic N) is 1. The smallest absolute Gasteiger partial charge is 0.279 e. The molecular formula is C14H30N2O3S. The van der Waals surface area contributed by atoms with Crippen molar-refractivity contribution in [3.63, 3.8) is 0 Å². The van der Waals surface area contributed by atoms with Crippen molar-refractivity contribution < 1.29 is 13.5 Å². The van der Waals surface area contributed by atoms with Crippen LogP contribution in [0.4, 0.5) is 0 Å². The number of aliphatic hydroxyl groups is 1. The van der Waals surface area contributed by atoms with Crippen molar-refractivity contribution >= 4 is 10.2 Å². The van der Waals surface area contributed by atoms with Gasteiger partial charge in [0.25, 0.3) is 10.2 Å². The average Bonchev–Trinajstić information content (AvgIpc) is 2.35. The molecule has 0 saturated carbocycles. The van der Waals surface area contributed by atoms with Crippen LogP contribution in [0.15, 0.2) is 0 Å². The molecule has 0 aromatic rings. The molecule has 1 saturated heterocycles. The van der Waals surface area contributed by atoms with Gasteiger partial charge in [0.15, 0.2) is 0 Å². The zero-order valence-corrected chi connectivity index (χ0v) is 14.0. The molecule has 0 radical (unpaired) electrons. The Morgan fingerprint density at radius 3 is 2.65 bits per heavy atom. The Kier molecular flexibility index (Phi) is 6.44.